The summed E-state index contributed by atoms with van der Waals surface area (Å²) in [5, 5.41) is 8.13. The number of benzene rings is 2. The minimum Gasteiger partial charge on any atom is -0.351 e. The molecule has 5 nitrogen and oxygen atoms in total. The van der Waals surface area contributed by atoms with Crippen molar-refractivity contribution < 1.29 is 4.79 Å². The van der Waals surface area contributed by atoms with Gasteiger partial charge in [-0.1, -0.05) is 41.6 Å². The number of nitrogens with one attached hydrogen (secondary N) is 1. The Morgan fingerprint density at radius 2 is 1.90 bits per heavy atom. The number of carbonyl (C=O) groups excluding carboxylic acids is 1. The number of amides is 1. The largest absolute Gasteiger partial charge is 0.351 e. The van der Waals surface area contributed by atoms with Gasteiger partial charge in [-0.3, -0.25) is 9.59 Å². The second-order valence-electron chi connectivity index (χ2n) is 6.68. The fourth-order valence-electron chi connectivity index (χ4n) is 2.67. The molecule has 3 rings (SSSR count). The highest BCUT2D eigenvalue weighted by Crippen LogP contribution is 2.22. The van der Waals surface area contributed by atoms with Gasteiger partial charge in [0, 0.05) is 22.5 Å². The van der Waals surface area contributed by atoms with E-state index in [-0.39, 0.29) is 16.7 Å². The van der Waals surface area contributed by atoms with Crippen molar-refractivity contribution in [2.75, 3.05) is 6.26 Å². The lowest BCUT2D eigenvalue weighted by Gasteiger charge is -2.13. The highest BCUT2D eigenvalue weighted by Gasteiger charge is 2.16. The third-order valence-corrected chi connectivity index (χ3v) is 6.65. The molecule has 0 spiro atoms. The average Bonchev–Trinajstić information content (AvgIpc) is 2.75. The van der Waals surface area contributed by atoms with E-state index in [1.54, 1.807) is 30.0 Å². The summed E-state index contributed by atoms with van der Waals surface area (Å²) in [6.07, 6.45) is 2.03. The van der Waals surface area contributed by atoms with Gasteiger partial charge in [-0.2, -0.15) is 9.78 Å². The van der Waals surface area contributed by atoms with E-state index in [1.807, 2.05) is 50.4 Å². The molecule has 0 unspecified atom stereocenters. The summed E-state index contributed by atoms with van der Waals surface area (Å²) in [6, 6.07) is 16.5. The second-order valence-corrected chi connectivity index (χ2v) is 9.33. The van der Waals surface area contributed by atoms with Gasteiger partial charge in [0.15, 0.2) is 0 Å². The van der Waals surface area contributed by atoms with Crippen LogP contribution in [0.1, 0.15) is 18.1 Å². The summed E-state index contributed by atoms with van der Waals surface area (Å²) in [5.74, 6) is -0.0909. The van der Waals surface area contributed by atoms with Crippen molar-refractivity contribution >= 4 is 41.0 Å². The molecule has 0 aliphatic heterocycles. The van der Waals surface area contributed by atoms with E-state index in [2.05, 4.69) is 10.4 Å². The van der Waals surface area contributed by atoms with Crippen LogP contribution < -0.4 is 10.9 Å². The van der Waals surface area contributed by atoms with Crippen LogP contribution in [-0.4, -0.2) is 27.2 Å². The molecule has 0 aliphatic carbocycles. The maximum absolute atomic E-state index is 12.5. The third-order valence-electron chi connectivity index (χ3n) is 4.47. The summed E-state index contributed by atoms with van der Waals surface area (Å²) in [4.78, 5) is 25.9. The lowest BCUT2D eigenvalue weighted by molar-refractivity contribution is -0.120. The predicted molar refractivity (Wildman–Crippen MR) is 125 cm³/mol. The molecule has 2 aromatic carbocycles. The Morgan fingerprint density at radius 1 is 1.17 bits per heavy atom. The number of hydrogen-bond donors (Lipinski definition) is 1. The number of rotatable bonds is 7. The van der Waals surface area contributed by atoms with Gasteiger partial charge >= 0.3 is 0 Å². The quantitative estimate of drug-likeness (QED) is 0.518. The summed E-state index contributed by atoms with van der Waals surface area (Å²) in [5.41, 5.74) is 2.29. The van der Waals surface area contributed by atoms with Crippen LogP contribution in [0.2, 0.25) is 5.02 Å². The first-order valence-electron chi connectivity index (χ1n) is 9.31. The molecular weight excluding hydrogens is 438 g/mol. The Balaban J connectivity index is 1.66. The Labute approximate surface area is 189 Å². The molecule has 1 amide bonds. The molecule has 3 aromatic rings. The first-order chi connectivity index (χ1) is 14.4. The van der Waals surface area contributed by atoms with Crippen LogP contribution in [0, 0.1) is 6.92 Å². The minimum atomic E-state index is -0.365. The van der Waals surface area contributed by atoms with E-state index in [9.17, 15) is 9.59 Å². The fraction of sp³-hybridized carbons (Fsp3) is 0.227. The first-order valence-corrected chi connectivity index (χ1v) is 11.8. The molecule has 1 heterocycles. The molecular formula is C22H22ClN3O2S2. The normalized spacial score (nSPS) is 11.9. The molecule has 30 heavy (non-hydrogen) atoms. The molecule has 1 atom stereocenters. The average molecular weight is 460 g/mol. The summed E-state index contributed by atoms with van der Waals surface area (Å²) in [7, 11) is 0. The van der Waals surface area contributed by atoms with Gasteiger partial charge in [0.2, 0.25) is 5.91 Å². The van der Waals surface area contributed by atoms with Gasteiger partial charge in [0.1, 0.15) is 5.03 Å². The molecule has 0 aliphatic rings. The van der Waals surface area contributed by atoms with Crippen molar-refractivity contribution in [2.45, 2.75) is 35.6 Å². The Hall–Kier alpha value is -2.22. The highest BCUT2D eigenvalue weighted by molar-refractivity contribution is 8.00. The molecule has 1 N–H and O–H groups in total. The zero-order valence-corrected chi connectivity index (χ0v) is 19.3. The van der Waals surface area contributed by atoms with Gasteiger partial charge in [-0.05, 0) is 61.6 Å². The van der Waals surface area contributed by atoms with Crippen molar-refractivity contribution in [1.29, 1.82) is 0 Å². The number of nitrogens with zero attached hydrogens (tertiary/aromatic N) is 2. The Bertz CT molecular complexity index is 1100. The van der Waals surface area contributed by atoms with E-state index in [1.165, 1.54) is 27.4 Å². The van der Waals surface area contributed by atoms with Gasteiger partial charge in [-0.15, -0.1) is 11.8 Å². The maximum Gasteiger partial charge on any atom is 0.271 e. The van der Waals surface area contributed by atoms with Crippen molar-refractivity contribution in [1.82, 2.24) is 15.1 Å². The molecule has 0 bridgehead atoms. The van der Waals surface area contributed by atoms with E-state index < -0.39 is 0 Å². The van der Waals surface area contributed by atoms with Crippen LogP contribution in [0.5, 0.6) is 0 Å². The van der Waals surface area contributed by atoms with E-state index in [0.29, 0.717) is 22.3 Å². The standard InChI is InChI=1S/C22H22ClN3O2S2/c1-14-4-7-17(12-19(14)23)26-21(27)11-10-20(25-26)30-15(2)22(28)24-13-16-5-8-18(29-3)9-6-16/h4-12,15H,13H2,1-3H3,(H,24,28)/t15-/m1/s1. The van der Waals surface area contributed by atoms with Crippen molar-refractivity contribution in [2.24, 2.45) is 0 Å². The van der Waals surface area contributed by atoms with Crippen LogP contribution in [-0.2, 0) is 11.3 Å². The van der Waals surface area contributed by atoms with E-state index in [0.717, 1.165) is 11.1 Å². The number of halogens is 1. The van der Waals surface area contributed by atoms with Gasteiger partial charge in [0.05, 0.1) is 10.9 Å². The fourth-order valence-corrected chi connectivity index (χ4v) is 4.08. The lowest BCUT2D eigenvalue weighted by atomic mass is 10.2. The van der Waals surface area contributed by atoms with Crippen LogP contribution in [0.15, 0.2) is 69.3 Å². The molecule has 0 radical (unpaired) electrons. The molecule has 0 saturated carbocycles. The minimum absolute atomic E-state index is 0.0909. The van der Waals surface area contributed by atoms with Gasteiger partial charge < -0.3 is 5.32 Å². The Morgan fingerprint density at radius 3 is 2.57 bits per heavy atom. The predicted octanol–water partition coefficient (Wildman–Crippen LogP) is 4.71. The number of hydrogen-bond acceptors (Lipinski definition) is 5. The second kappa shape index (κ2) is 10.2. The SMILES string of the molecule is CSc1ccc(CNC(=O)[C@@H](C)Sc2ccc(=O)n(-c3ccc(C)c(Cl)c3)n2)cc1. The molecule has 8 heteroatoms. The Kier molecular flexibility index (Phi) is 7.64. The zero-order valence-electron chi connectivity index (χ0n) is 16.9. The highest BCUT2D eigenvalue weighted by atomic mass is 35.5. The summed E-state index contributed by atoms with van der Waals surface area (Å²) in [6.45, 7) is 4.18. The molecule has 1 aromatic heterocycles. The van der Waals surface area contributed by atoms with Crippen molar-refractivity contribution in [3.63, 3.8) is 0 Å². The van der Waals surface area contributed by atoms with E-state index in [4.69, 9.17) is 11.6 Å². The van der Waals surface area contributed by atoms with Crippen molar-refractivity contribution in [3.8, 4) is 5.69 Å². The third kappa shape index (κ3) is 5.68. The maximum atomic E-state index is 12.5. The van der Waals surface area contributed by atoms with Gasteiger partial charge in [0.25, 0.3) is 5.56 Å². The van der Waals surface area contributed by atoms with Crippen LogP contribution in [0.3, 0.4) is 0 Å². The number of thioether (sulfide) groups is 2. The van der Waals surface area contributed by atoms with Crippen LogP contribution >= 0.6 is 35.1 Å². The lowest BCUT2D eigenvalue weighted by Crippen LogP contribution is -2.30. The topological polar surface area (TPSA) is 64.0 Å². The molecule has 156 valence electrons. The van der Waals surface area contributed by atoms with Crippen molar-refractivity contribution in [3.05, 3.63) is 81.1 Å². The first kappa shape index (κ1) is 22.5. The summed E-state index contributed by atoms with van der Waals surface area (Å²) >= 11 is 9.16. The smallest absolute Gasteiger partial charge is 0.271 e. The van der Waals surface area contributed by atoms with Crippen LogP contribution in [0.25, 0.3) is 5.69 Å². The number of carbonyl (C=O) groups is 1. The summed E-state index contributed by atoms with van der Waals surface area (Å²) < 4.78 is 1.30. The molecule has 0 fully saturated rings. The monoisotopic (exact) mass is 459 g/mol. The molecule has 0 saturated heterocycles. The van der Waals surface area contributed by atoms with E-state index >= 15 is 0 Å². The van der Waals surface area contributed by atoms with Gasteiger partial charge in [-0.25, -0.2) is 0 Å². The zero-order chi connectivity index (χ0) is 21.7. The van der Waals surface area contributed by atoms with Crippen LogP contribution in [0.4, 0.5) is 0 Å². The number of aromatic nitrogens is 2. The number of aryl methyl sites for hydroxylation is 1.